The van der Waals surface area contributed by atoms with Crippen LogP contribution in [0.4, 0.5) is 5.69 Å². The van der Waals surface area contributed by atoms with Gasteiger partial charge in [0.05, 0.1) is 0 Å². The highest BCUT2D eigenvalue weighted by Crippen LogP contribution is 2.30. The molecule has 0 N–H and O–H groups in total. The second kappa shape index (κ2) is 8.25. The lowest BCUT2D eigenvalue weighted by Crippen LogP contribution is -2.53. The van der Waals surface area contributed by atoms with Gasteiger partial charge in [-0.15, -0.1) is 0 Å². The quantitative estimate of drug-likeness (QED) is 0.726. The van der Waals surface area contributed by atoms with Crippen molar-refractivity contribution in [1.29, 1.82) is 0 Å². The fourth-order valence-corrected chi connectivity index (χ4v) is 4.13. The van der Waals surface area contributed by atoms with Crippen molar-refractivity contribution in [3.8, 4) is 0 Å². The molecule has 0 bridgehead atoms. The van der Waals surface area contributed by atoms with Crippen LogP contribution in [0.2, 0.25) is 5.02 Å². The van der Waals surface area contributed by atoms with Gasteiger partial charge >= 0.3 is 0 Å². The second-order valence-corrected chi connectivity index (χ2v) is 7.70. The average molecular weight is 412 g/mol. The first-order valence-corrected chi connectivity index (χ1v) is 10.1. The van der Waals surface area contributed by atoms with Crippen molar-refractivity contribution in [2.24, 2.45) is 0 Å². The normalized spacial score (nSPS) is 18.3. The van der Waals surface area contributed by atoms with Gasteiger partial charge in [-0.3, -0.25) is 19.3 Å². The van der Waals surface area contributed by atoms with E-state index in [0.717, 1.165) is 10.6 Å². The van der Waals surface area contributed by atoms with Crippen LogP contribution in [0.3, 0.4) is 0 Å². The molecule has 0 spiro atoms. The topological polar surface area (TPSA) is 60.9 Å². The van der Waals surface area contributed by atoms with Gasteiger partial charge in [0.25, 0.3) is 5.91 Å². The lowest BCUT2D eigenvalue weighted by molar-refractivity contribution is -0.151. The largest absolute Gasteiger partial charge is 0.368 e. The van der Waals surface area contributed by atoms with E-state index in [4.69, 9.17) is 11.6 Å². The molecular weight excluding hydrogens is 390 g/mol. The predicted molar refractivity (Wildman–Crippen MR) is 111 cm³/mol. The Bertz CT molecular complexity index is 910. The van der Waals surface area contributed by atoms with Crippen molar-refractivity contribution in [2.75, 3.05) is 31.1 Å². The minimum atomic E-state index is -0.892. The summed E-state index contributed by atoms with van der Waals surface area (Å²) >= 11 is 6.09. The first-order valence-electron chi connectivity index (χ1n) is 9.74. The highest BCUT2D eigenvalue weighted by atomic mass is 35.5. The van der Waals surface area contributed by atoms with Gasteiger partial charge in [0.1, 0.15) is 6.04 Å². The number of piperazine rings is 1. The van der Waals surface area contributed by atoms with E-state index >= 15 is 0 Å². The molecule has 150 valence electrons. The van der Waals surface area contributed by atoms with Gasteiger partial charge in [0, 0.05) is 49.7 Å². The van der Waals surface area contributed by atoms with Gasteiger partial charge in [-0.2, -0.15) is 0 Å². The lowest BCUT2D eigenvalue weighted by atomic mass is 10.0. The minimum absolute atomic E-state index is 0.165. The number of amides is 3. The SMILES string of the molecule is O=C(C(c1ccccc1)N1C(=O)CCC1=O)N1CCN(c2cccc(Cl)c2)CC1. The van der Waals surface area contributed by atoms with E-state index in [1.807, 2.05) is 42.5 Å². The predicted octanol–water partition coefficient (Wildman–Crippen LogP) is 2.88. The van der Waals surface area contributed by atoms with E-state index in [1.54, 1.807) is 17.0 Å². The average Bonchev–Trinajstić information content (AvgIpc) is 3.07. The number of hydrogen-bond acceptors (Lipinski definition) is 4. The summed E-state index contributed by atoms with van der Waals surface area (Å²) in [4.78, 5) is 43.2. The molecule has 0 aromatic heterocycles. The van der Waals surface area contributed by atoms with Gasteiger partial charge in [0.2, 0.25) is 11.8 Å². The van der Waals surface area contributed by atoms with Crippen molar-refractivity contribution in [3.05, 3.63) is 65.2 Å². The molecule has 0 aliphatic carbocycles. The molecule has 1 unspecified atom stereocenters. The number of carbonyl (C=O) groups excluding carboxylic acids is 3. The fourth-order valence-electron chi connectivity index (χ4n) is 3.95. The Morgan fingerprint density at radius 3 is 2.14 bits per heavy atom. The molecule has 2 saturated heterocycles. The molecule has 29 heavy (non-hydrogen) atoms. The van der Waals surface area contributed by atoms with Gasteiger partial charge in [-0.05, 0) is 23.8 Å². The van der Waals surface area contributed by atoms with Crippen molar-refractivity contribution in [3.63, 3.8) is 0 Å². The van der Waals surface area contributed by atoms with E-state index in [-0.39, 0.29) is 30.6 Å². The molecule has 2 fully saturated rings. The molecular formula is C22H22ClN3O3. The molecule has 2 heterocycles. The number of imide groups is 1. The summed E-state index contributed by atoms with van der Waals surface area (Å²) in [5.74, 6) is -0.768. The van der Waals surface area contributed by atoms with E-state index < -0.39 is 6.04 Å². The Hall–Kier alpha value is -2.86. The van der Waals surface area contributed by atoms with Gasteiger partial charge in [-0.1, -0.05) is 48.0 Å². The van der Waals surface area contributed by atoms with Crippen LogP contribution in [0.15, 0.2) is 54.6 Å². The summed E-state index contributed by atoms with van der Waals surface area (Å²) < 4.78 is 0. The Balaban J connectivity index is 1.53. The number of rotatable bonds is 4. The molecule has 7 heteroatoms. The molecule has 3 amide bonds. The Morgan fingerprint density at radius 2 is 1.52 bits per heavy atom. The summed E-state index contributed by atoms with van der Waals surface area (Å²) in [5, 5.41) is 0.677. The highest BCUT2D eigenvalue weighted by Gasteiger charge is 2.41. The monoisotopic (exact) mass is 411 g/mol. The van der Waals surface area contributed by atoms with Gasteiger partial charge in [-0.25, -0.2) is 0 Å². The number of carbonyl (C=O) groups is 3. The van der Waals surface area contributed by atoms with Gasteiger partial charge in [0.15, 0.2) is 0 Å². The van der Waals surface area contributed by atoms with Crippen LogP contribution in [0.1, 0.15) is 24.4 Å². The standard InChI is InChI=1S/C22H22ClN3O3/c23-17-7-4-8-18(15-17)24-11-13-25(14-12-24)22(29)21(16-5-2-1-3-6-16)26-19(27)9-10-20(26)28/h1-8,15,21H,9-14H2. The first-order chi connectivity index (χ1) is 14.0. The van der Waals surface area contributed by atoms with Crippen LogP contribution < -0.4 is 4.90 Å². The number of anilines is 1. The second-order valence-electron chi connectivity index (χ2n) is 7.26. The molecule has 4 rings (SSSR count). The zero-order valence-corrected chi connectivity index (χ0v) is 16.7. The highest BCUT2D eigenvalue weighted by molar-refractivity contribution is 6.30. The third kappa shape index (κ3) is 3.98. The molecule has 0 radical (unpaired) electrons. The van der Waals surface area contributed by atoms with Gasteiger partial charge < -0.3 is 9.80 Å². The molecule has 2 aromatic carbocycles. The molecule has 0 saturated carbocycles. The Morgan fingerprint density at radius 1 is 0.862 bits per heavy atom. The summed E-state index contributed by atoms with van der Waals surface area (Å²) in [6, 6.07) is 15.8. The van der Waals surface area contributed by atoms with Crippen molar-refractivity contribution >= 4 is 35.0 Å². The third-order valence-electron chi connectivity index (χ3n) is 5.46. The summed E-state index contributed by atoms with van der Waals surface area (Å²) in [6.07, 6.45) is 0.329. The van der Waals surface area contributed by atoms with Crippen LogP contribution >= 0.6 is 11.6 Å². The maximum absolute atomic E-state index is 13.4. The van der Waals surface area contributed by atoms with Crippen molar-refractivity contribution < 1.29 is 14.4 Å². The molecule has 2 aromatic rings. The lowest BCUT2D eigenvalue weighted by Gasteiger charge is -2.39. The van der Waals surface area contributed by atoms with Crippen LogP contribution in [0, 0.1) is 0 Å². The molecule has 1 atom stereocenters. The smallest absolute Gasteiger partial charge is 0.250 e. The number of hydrogen-bond donors (Lipinski definition) is 0. The molecule has 2 aliphatic heterocycles. The van der Waals surface area contributed by atoms with E-state index in [0.29, 0.717) is 36.8 Å². The number of benzene rings is 2. The zero-order valence-electron chi connectivity index (χ0n) is 16.0. The maximum Gasteiger partial charge on any atom is 0.250 e. The number of nitrogens with zero attached hydrogens (tertiary/aromatic N) is 3. The Kier molecular flexibility index (Phi) is 5.53. The van der Waals surface area contributed by atoms with Crippen molar-refractivity contribution in [2.45, 2.75) is 18.9 Å². The van der Waals surface area contributed by atoms with E-state index in [2.05, 4.69) is 4.90 Å². The number of likely N-dealkylation sites (tertiary alicyclic amines) is 1. The van der Waals surface area contributed by atoms with Crippen LogP contribution in [-0.2, 0) is 14.4 Å². The van der Waals surface area contributed by atoms with E-state index in [9.17, 15) is 14.4 Å². The summed E-state index contributed by atoms with van der Waals surface area (Å²) in [6.45, 7) is 2.36. The van der Waals surface area contributed by atoms with Crippen LogP contribution in [-0.4, -0.2) is 53.7 Å². The number of halogens is 1. The minimum Gasteiger partial charge on any atom is -0.368 e. The summed E-state index contributed by atoms with van der Waals surface area (Å²) in [5.41, 5.74) is 1.69. The maximum atomic E-state index is 13.4. The van der Waals surface area contributed by atoms with Crippen molar-refractivity contribution in [1.82, 2.24) is 9.80 Å². The zero-order chi connectivity index (χ0) is 20.4. The molecule has 6 nitrogen and oxygen atoms in total. The first kappa shape index (κ1) is 19.5. The summed E-state index contributed by atoms with van der Waals surface area (Å²) in [7, 11) is 0. The van der Waals surface area contributed by atoms with E-state index in [1.165, 1.54) is 0 Å². The Labute approximate surface area is 174 Å². The van der Waals surface area contributed by atoms with Crippen LogP contribution in [0.25, 0.3) is 0 Å². The van der Waals surface area contributed by atoms with Crippen LogP contribution in [0.5, 0.6) is 0 Å². The third-order valence-corrected chi connectivity index (χ3v) is 5.70. The fraction of sp³-hybridized carbons (Fsp3) is 0.318. The molecule has 2 aliphatic rings.